The molecule has 0 bridgehead atoms. The number of carbonyl (C=O) groups is 2. The highest BCUT2D eigenvalue weighted by Gasteiger charge is 2.16. The van der Waals surface area contributed by atoms with Crippen molar-refractivity contribution in [2.24, 2.45) is 0 Å². The summed E-state index contributed by atoms with van der Waals surface area (Å²) in [5.41, 5.74) is 0.743. The Bertz CT molecular complexity index is 755. The highest BCUT2D eigenvalue weighted by atomic mass is 79.9. The van der Waals surface area contributed by atoms with E-state index in [1.165, 1.54) is 0 Å². The lowest BCUT2D eigenvalue weighted by Gasteiger charge is -2.11. The van der Waals surface area contributed by atoms with Crippen molar-refractivity contribution < 1.29 is 23.8 Å². The second-order valence-electron chi connectivity index (χ2n) is 5.54. The molecule has 0 fully saturated rings. The molecule has 138 valence electrons. The number of ether oxygens (including phenoxy) is 3. The molecule has 2 aromatic carbocycles. The third kappa shape index (κ3) is 5.59. The predicted molar refractivity (Wildman–Crippen MR) is 102 cm³/mol. The number of halogens is 1. The Hall–Kier alpha value is -2.34. The first-order valence-corrected chi connectivity index (χ1v) is 9.26. The highest BCUT2D eigenvalue weighted by Crippen LogP contribution is 2.25. The first kappa shape index (κ1) is 20.0. The molecule has 0 aliphatic carbocycles. The van der Waals surface area contributed by atoms with Crippen LogP contribution in [0.2, 0.25) is 0 Å². The molecule has 0 N–H and O–H groups in total. The number of esters is 2. The molecule has 0 aromatic heterocycles. The zero-order valence-electron chi connectivity index (χ0n) is 14.8. The lowest BCUT2D eigenvalue weighted by Crippen LogP contribution is -2.12. The van der Waals surface area contributed by atoms with Gasteiger partial charge in [0.1, 0.15) is 17.1 Å². The third-order valence-electron chi connectivity index (χ3n) is 3.36. The van der Waals surface area contributed by atoms with Gasteiger partial charge in [-0.15, -0.1) is 0 Å². The Morgan fingerprint density at radius 1 is 0.923 bits per heavy atom. The monoisotopic (exact) mass is 420 g/mol. The Kier molecular flexibility index (Phi) is 7.66. The third-order valence-corrected chi connectivity index (χ3v) is 3.85. The fourth-order valence-corrected chi connectivity index (χ4v) is 2.46. The Morgan fingerprint density at radius 2 is 1.62 bits per heavy atom. The van der Waals surface area contributed by atoms with Gasteiger partial charge in [-0.05, 0) is 55.3 Å². The van der Waals surface area contributed by atoms with E-state index in [0.29, 0.717) is 35.8 Å². The van der Waals surface area contributed by atoms with Crippen LogP contribution in [0, 0.1) is 0 Å². The van der Waals surface area contributed by atoms with Crippen LogP contribution >= 0.6 is 15.9 Å². The zero-order valence-corrected chi connectivity index (χ0v) is 16.4. The van der Waals surface area contributed by atoms with Crippen LogP contribution in [0.4, 0.5) is 0 Å². The molecule has 0 radical (unpaired) electrons. The molecule has 0 aliphatic rings. The summed E-state index contributed by atoms with van der Waals surface area (Å²) in [6.07, 6.45) is 1.59. The van der Waals surface area contributed by atoms with Gasteiger partial charge in [-0.2, -0.15) is 0 Å². The molecule has 26 heavy (non-hydrogen) atoms. The maximum Gasteiger partial charge on any atom is 0.347 e. The first-order valence-electron chi connectivity index (χ1n) is 8.46. The molecule has 0 unspecified atom stereocenters. The van der Waals surface area contributed by atoms with Gasteiger partial charge in [0, 0.05) is 4.47 Å². The van der Waals surface area contributed by atoms with Gasteiger partial charge in [0.25, 0.3) is 0 Å². The second-order valence-corrected chi connectivity index (χ2v) is 6.45. The van der Waals surface area contributed by atoms with Gasteiger partial charge in [0.2, 0.25) is 0 Å². The Morgan fingerprint density at radius 3 is 2.27 bits per heavy atom. The van der Waals surface area contributed by atoms with Crippen molar-refractivity contribution in [3.63, 3.8) is 0 Å². The summed E-state index contributed by atoms with van der Waals surface area (Å²) in [4.78, 5) is 24.3. The number of hydrogen-bond donors (Lipinski definition) is 0. The van der Waals surface area contributed by atoms with Crippen molar-refractivity contribution in [2.45, 2.75) is 26.7 Å². The van der Waals surface area contributed by atoms with Crippen molar-refractivity contribution in [3.05, 3.63) is 58.1 Å². The topological polar surface area (TPSA) is 61.8 Å². The SMILES string of the molecule is CCCOC(=O)c1ccc(OC(=O)c2cc(Br)ccc2OCCC)cc1. The Balaban J connectivity index is 2.10. The average Bonchev–Trinajstić information content (AvgIpc) is 2.65. The summed E-state index contributed by atoms with van der Waals surface area (Å²) in [7, 11) is 0. The van der Waals surface area contributed by atoms with Crippen LogP contribution in [0.25, 0.3) is 0 Å². The quantitative estimate of drug-likeness (QED) is 0.442. The number of carbonyl (C=O) groups excluding carboxylic acids is 2. The van der Waals surface area contributed by atoms with E-state index >= 15 is 0 Å². The molecule has 2 aromatic rings. The van der Waals surface area contributed by atoms with E-state index in [1.807, 2.05) is 13.8 Å². The molecule has 0 aliphatic heterocycles. The summed E-state index contributed by atoms with van der Waals surface area (Å²) in [5, 5.41) is 0. The molecular formula is C20H21BrO5. The number of rotatable bonds is 8. The first-order chi connectivity index (χ1) is 12.5. The van der Waals surface area contributed by atoms with Gasteiger partial charge >= 0.3 is 11.9 Å². The normalized spacial score (nSPS) is 10.3. The predicted octanol–water partition coefficient (Wildman–Crippen LogP) is 5.02. The van der Waals surface area contributed by atoms with E-state index < -0.39 is 11.9 Å². The standard InChI is InChI=1S/C20H21BrO5/c1-3-11-24-18-10-7-15(21)13-17(18)20(23)26-16-8-5-14(6-9-16)19(22)25-12-4-2/h5-10,13H,3-4,11-12H2,1-2H3. The van der Waals surface area contributed by atoms with Crippen molar-refractivity contribution in [3.8, 4) is 11.5 Å². The molecule has 5 nitrogen and oxygen atoms in total. The maximum absolute atomic E-state index is 12.5. The van der Waals surface area contributed by atoms with Crippen LogP contribution < -0.4 is 9.47 Å². The van der Waals surface area contributed by atoms with Crippen LogP contribution in [-0.4, -0.2) is 25.2 Å². The molecule has 0 heterocycles. The molecule has 0 spiro atoms. The lowest BCUT2D eigenvalue weighted by atomic mass is 10.2. The van der Waals surface area contributed by atoms with Crippen LogP contribution in [0.1, 0.15) is 47.4 Å². The summed E-state index contributed by atoms with van der Waals surface area (Å²) < 4.78 is 16.8. The van der Waals surface area contributed by atoms with Crippen LogP contribution in [0.15, 0.2) is 46.9 Å². The largest absolute Gasteiger partial charge is 0.493 e. The molecule has 0 atom stereocenters. The summed E-state index contributed by atoms with van der Waals surface area (Å²) in [5.74, 6) is -0.117. The number of benzene rings is 2. The minimum Gasteiger partial charge on any atom is -0.493 e. The molecule has 0 saturated heterocycles. The fraction of sp³-hybridized carbons (Fsp3) is 0.300. The second kappa shape index (κ2) is 9.97. The van der Waals surface area contributed by atoms with E-state index in [-0.39, 0.29) is 0 Å². The molecule has 2 rings (SSSR count). The van der Waals surface area contributed by atoms with Crippen molar-refractivity contribution >= 4 is 27.9 Å². The zero-order chi connectivity index (χ0) is 18.9. The summed E-state index contributed by atoms with van der Waals surface area (Å²) in [6, 6.07) is 11.4. The highest BCUT2D eigenvalue weighted by molar-refractivity contribution is 9.10. The van der Waals surface area contributed by atoms with Crippen molar-refractivity contribution in [2.75, 3.05) is 13.2 Å². The summed E-state index contributed by atoms with van der Waals surface area (Å²) in [6.45, 7) is 4.80. The van der Waals surface area contributed by atoms with Gasteiger partial charge in [0.15, 0.2) is 0 Å². The van der Waals surface area contributed by atoms with Crippen LogP contribution in [0.5, 0.6) is 11.5 Å². The van der Waals surface area contributed by atoms with Gasteiger partial charge in [-0.3, -0.25) is 0 Å². The minimum absolute atomic E-state index is 0.333. The van der Waals surface area contributed by atoms with E-state index in [1.54, 1.807) is 42.5 Å². The molecule has 0 amide bonds. The molecule has 6 heteroatoms. The van der Waals surface area contributed by atoms with E-state index in [0.717, 1.165) is 17.3 Å². The average molecular weight is 421 g/mol. The Labute approximate surface area is 161 Å². The lowest BCUT2D eigenvalue weighted by molar-refractivity contribution is 0.0505. The van der Waals surface area contributed by atoms with E-state index in [2.05, 4.69) is 15.9 Å². The van der Waals surface area contributed by atoms with E-state index in [9.17, 15) is 9.59 Å². The van der Waals surface area contributed by atoms with Gasteiger partial charge in [-0.25, -0.2) is 9.59 Å². The molecule has 0 saturated carbocycles. The molecular weight excluding hydrogens is 400 g/mol. The van der Waals surface area contributed by atoms with Crippen LogP contribution in [-0.2, 0) is 4.74 Å². The van der Waals surface area contributed by atoms with Gasteiger partial charge in [0.05, 0.1) is 18.8 Å². The van der Waals surface area contributed by atoms with Gasteiger partial charge in [-0.1, -0.05) is 29.8 Å². The fourth-order valence-electron chi connectivity index (χ4n) is 2.10. The van der Waals surface area contributed by atoms with Crippen molar-refractivity contribution in [1.29, 1.82) is 0 Å². The summed E-state index contributed by atoms with van der Waals surface area (Å²) >= 11 is 3.35. The van der Waals surface area contributed by atoms with Crippen LogP contribution in [0.3, 0.4) is 0 Å². The van der Waals surface area contributed by atoms with E-state index in [4.69, 9.17) is 14.2 Å². The minimum atomic E-state index is -0.529. The number of hydrogen-bond acceptors (Lipinski definition) is 5. The smallest absolute Gasteiger partial charge is 0.347 e. The van der Waals surface area contributed by atoms with Crippen molar-refractivity contribution in [1.82, 2.24) is 0 Å². The van der Waals surface area contributed by atoms with Gasteiger partial charge < -0.3 is 14.2 Å². The maximum atomic E-state index is 12.5.